The molecule has 0 spiro atoms. The van der Waals surface area contributed by atoms with Crippen molar-refractivity contribution < 1.29 is 4.57 Å². The summed E-state index contributed by atoms with van der Waals surface area (Å²) in [4.78, 5) is 0. The maximum atomic E-state index is 12.9. The quantitative estimate of drug-likeness (QED) is 0.634. The summed E-state index contributed by atoms with van der Waals surface area (Å²) in [5.74, 6) is 1.85. The molecule has 2 heteroatoms. The van der Waals surface area contributed by atoms with E-state index in [1.807, 2.05) is 5.82 Å². The molecule has 2 aliphatic carbocycles. The Balaban J connectivity index is 2.14. The summed E-state index contributed by atoms with van der Waals surface area (Å²) in [5.41, 5.74) is 1.01. The molecule has 0 N–H and O–H groups in total. The zero-order chi connectivity index (χ0) is 10.0. The molecule has 2 rings (SSSR count). The minimum Gasteiger partial charge on any atom is -0.319 e. The maximum Gasteiger partial charge on any atom is 0.114 e. The predicted molar refractivity (Wildman–Crippen MR) is 62.3 cm³/mol. The van der Waals surface area contributed by atoms with Crippen LogP contribution >= 0.6 is 7.14 Å². The van der Waals surface area contributed by atoms with Crippen LogP contribution in [0.5, 0.6) is 0 Å². The first kappa shape index (κ1) is 10.5. The SMILES string of the molecule is C=CP(=O)(C1CCCC1)C1CCCC1. The van der Waals surface area contributed by atoms with Gasteiger partial charge in [-0.15, -0.1) is 0 Å². The molecule has 0 amide bonds. The van der Waals surface area contributed by atoms with Gasteiger partial charge in [0.25, 0.3) is 0 Å². The highest BCUT2D eigenvalue weighted by atomic mass is 31.2. The fourth-order valence-electron chi connectivity index (χ4n) is 3.21. The van der Waals surface area contributed by atoms with Crippen molar-refractivity contribution in [3.8, 4) is 0 Å². The Labute approximate surface area is 87.3 Å². The highest BCUT2D eigenvalue weighted by Gasteiger charge is 2.40. The van der Waals surface area contributed by atoms with Gasteiger partial charge in [0.2, 0.25) is 0 Å². The molecule has 0 bridgehead atoms. The highest BCUT2D eigenvalue weighted by Crippen LogP contribution is 2.64. The van der Waals surface area contributed by atoms with E-state index in [-0.39, 0.29) is 0 Å². The molecule has 14 heavy (non-hydrogen) atoms. The average molecular weight is 212 g/mol. The molecule has 0 unspecified atom stereocenters. The fourth-order valence-corrected chi connectivity index (χ4v) is 6.75. The van der Waals surface area contributed by atoms with Gasteiger partial charge >= 0.3 is 0 Å². The van der Waals surface area contributed by atoms with Gasteiger partial charge < -0.3 is 4.57 Å². The smallest absolute Gasteiger partial charge is 0.114 e. The van der Waals surface area contributed by atoms with E-state index in [1.54, 1.807) is 0 Å². The van der Waals surface area contributed by atoms with E-state index in [2.05, 4.69) is 6.58 Å². The van der Waals surface area contributed by atoms with Crippen LogP contribution in [0.2, 0.25) is 0 Å². The van der Waals surface area contributed by atoms with Gasteiger partial charge in [-0.3, -0.25) is 0 Å². The first-order chi connectivity index (χ1) is 6.77. The predicted octanol–water partition coefficient (Wildman–Crippen LogP) is 4.38. The lowest BCUT2D eigenvalue weighted by Crippen LogP contribution is -2.12. The van der Waals surface area contributed by atoms with Crippen molar-refractivity contribution in [3.63, 3.8) is 0 Å². The molecular weight excluding hydrogens is 191 g/mol. The van der Waals surface area contributed by atoms with E-state index in [1.165, 1.54) is 51.4 Å². The number of hydrogen-bond donors (Lipinski definition) is 0. The van der Waals surface area contributed by atoms with Crippen molar-refractivity contribution in [2.75, 3.05) is 0 Å². The van der Waals surface area contributed by atoms with Gasteiger partial charge in [0.1, 0.15) is 7.14 Å². The first-order valence-corrected chi connectivity index (χ1v) is 7.91. The molecule has 0 radical (unpaired) electrons. The molecule has 2 aliphatic rings. The lowest BCUT2D eigenvalue weighted by molar-refractivity contribution is 0.557. The van der Waals surface area contributed by atoms with Gasteiger partial charge in [-0.2, -0.15) is 0 Å². The second-order valence-corrected chi connectivity index (χ2v) is 8.18. The first-order valence-electron chi connectivity index (χ1n) is 6.00. The largest absolute Gasteiger partial charge is 0.319 e. The second kappa shape index (κ2) is 4.23. The van der Waals surface area contributed by atoms with Gasteiger partial charge in [0.05, 0.1) is 0 Å². The van der Waals surface area contributed by atoms with Gasteiger partial charge in [-0.05, 0) is 31.5 Å². The van der Waals surface area contributed by atoms with Crippen LogP contribution in [-0.4, -0.2) is 11.3 Å². The van der Waals surface area contributed by atoms with Crippen molar-refractivity contribution in [1.82, 2.24) is 0 Å². The number of hydrogen-bond acceptors (Lipinski definition) is 1. The van der Waals surface area contributed by atoms with E-state index >= 15 is 0 Å². The lowest BCUT2D eigenvalue weighted by atomic mass is 10.4. The fraction of sp³-hybridized carbons (Fsp3) is 0.833. The van der Waals surface area contributed by atoms with Gasteiger partial charge in [0.15, 0.2) is 0 Å². The van der Waals surface area contributed by atoms with Gasteiger partial charge in [0, 0.05) is 11.3 Å². The van der Waals surface area contributed by atoms with Crippen molar-refractivity contribution in [1.29, 1.82) is 0 Å². The molecule has 80 valence electrons. The highest BCUT2D eigenvalue weighted by molar-refractivity contribution is 7.68. The van der Waals surface area contributed by atoms with Gasteiger partial charge in [-0.1, -0.05) is 32.3 Å². The maximum absolute atomic E-state index is 12.9. The van der Waals surface area contributed by atoms with Crippen LogP contribution in [0, 0.1) is 0 Å². The van der Waals surface area contributed by atoms with Crippen LogP contribution in [-0.2, 0) is 4.57 Å². The summed E-state index contributed by atoms with van der Waals surface area (Å²) < 4.78 is 12.9. The standard InChI is InChI=1S/C12H21OP/c1-2-14(13,11-7-3-4-8-11)12-9-5-6-10-12/h2,11-12H,1,3-10H2. The van der Waals surface area contributed by atoms with Crippen molar-refractivity contribution >= 4 is 7.14 Å². The van der Waals surface area contributed by atoms with Crippen molar-refractivity contribution in [2.24, 2.45) is 0 Å². The van der Waals surface area contributed by atoms with Gasteiger partial charge in [-0.25, -0.2) is 0 Å². The Kier molecular flexibility index (Phi) is 3.17. The molecule has 0 atom stereocenters. The molecule has 0 aliphatic heterocycles. The van der Waals surface area contributed by atoms with E-state index in [0.717, 1.165) is 0 Å². The van der Waals surface area contributed by atoms with E-state index in [0.29, 0.717) is 11.3 Å². The zero-order valence-electron chi connectivity index (χ0n) is 8.95. The van der Waals surface area contributed by atoms with E-state index < -0.39 is 7.14 Å². The van der Waals surface area contributed by atoms with Crippen LogP contribution in [0.1, 0.15) is 51.4 Å². The molecular formula is C12H21OP. The number of rotatable bonds is 3. The average Bonchev–Trinajstić information content (AvgIpc) is 2.88. The summed E-state index contributed by atoms with van der Waals surface area (Å²) in [6.45, 7) is 3.86. The molecule has 0 aromatic carbocycles. The Bertz CT molecular complexity index is 227. The molecule has 0 aromatic heterocycles. The molecule has 1 nitrogen and oxygen atoms in total. The zero-order valence-corrected chi connectivity index (χ0v) is 9.85. The van der Waals surface area contributed by atoms with Crippen molar-refractivity contribution in [2.45, 2.75) is 62.7 Å². The van der Waals surface area contributed by atoms with Crippen LogP contribution in [0.4, 0.5) is 0 Å². The minimum atomic E-state index is -2.03. The molecule has 2 saturated carbocycles. The summed E-state index contributed by atoms with van der Waals surface area (Å²) in [6.07, 6.45) is 9.92. The minimum absolute atomic E-state index is 0.503. The van der Waals surface area contributed by atoms with E-state index in [9.17, 15) is 4.57 Å². The van der Waals surface area contributed by atoms with E-state index in [4.69, 9.17) is 0 Å². The monoisotopic (exact) mass is 212 g/mol. The lowest BCUT2D eigenvalue weighted by Gasteiger charge is -2.26. The topological polar surface area (TPSA) is 17.1 Å². The van der Waals surface area contributed by atoms with Crippen LogP contribution in [0.3, 0.4) is 0 Å². The third kappa shape index (κ3) is 1.72. The van der Waals surface area contributed by atoms with Crippen LogP contribution in [0.15, 0.2) is 12.4 Å². The Morgan fingerprint density at radius 1 is 0.929 bits per heavy atom. The summed E-state index contributed by atoms with van der Waals surface area (Å²) in [5, 5.41) is 0. The van der Waals surface area contributed by atoms with Crippen molar-refractivity contribution in [3.05, 3.63) is 12.4 Å². The summed E-state index contributed by atoms with van der Waals surface area (Å²) >= 11 is 0. The summed E-state index contributed by atoms with van der Waals surface area (Å²) in [6, 6.07) is 0. The molecule has 0 heterocycles. The third-order valence-electron chi connectivity index (χ3n) is 4.08. The Morgan fingerprint density at radius 2 is 1.29 bits per heavy atom. The van der Waals surface area contributed by atoms with Crippen LogP contribution < -0.4 is 0 Å². The summed E-state index contributed by atoms with van der Waals surface area (Å²) in [7, 11) is -2.03. The molecule has 2 fully saturated rings. The third-order valence-corrected chi connectivity index (χ3v) is 7.96. The Hall–Kier alpha value is -0.0300. The molecule has 0 saturated heterocycles. The van der Waals surface area contributed by atoms with Crippen LogP contribution in [0.25, 0.3) is 0 Å². The normalized spacial score (nSPS) is 25.7. The molecule has 0 aromatic rings. The second-order valence-electron chi connectivity index (χ2n) is 4.82. The Morgan fingerprint density at radius 3 is 1.57 bits per heavy atom.